The molecule has 9 nitrogen and oxygen atoms in total. The third kappa shape index (κ3) is 3.29. The molecule has 0 fully saturated rings. The minimum Gasteiger partial charge on any atom is -0.378 e. The quantitative estimate of drug-likeness (QED) is 0.508. The molecular weight excluding hydrogens is 322 g/mol. The largest absolute Gasteiger partial charge is 0.439 e. The maximum absolute atomic E-state index is 11.1. The van der Waals surface area contributed by atoms with E-state index in [4.69, 9.17) is 0 Å². The smallest absolute Gasteiger partial charge is 0.378 e. The van der Waals surface area contributed by atoms with Crippen LogP contribution in [-0.2, 0) is 6.54 Å². The van der Waals surface area contributed by atoms with Crippen molar-refractivity contribution in [1.82, 2.24) is 30.3 Å². The van der Waals surface area contributed by atoms with Gasteiger partial charge in [0.05, 0.1) is 6.54 Å². The average molecular weight is 335 g/mol. The molecule has 0 radical (unpaired) electrons. The predicted molar refractivity (Wildman–Crippen MR) is 89.5 cm³/mol. The summed E-state index contributed by atoms with van der Waals surface area (Å²) in [5.41, 5.74) is 2.49. The fourth-order valence-electron chi connectivity index (χ4n) is 2.32. The molecule has 0 saturated heterocycles. The summed E-state index contributed by atoms with van der Waals surface area (Å²) in [6.45, 7) is 0.469. The highest BCUT2D eigenvalue weighted by Gasteiger charge is 2.07. The summed E-state index contributed by atoms with van der Waals surface area (Å²) in [6, 6.07) is 11.1. The molecule has 0 saturated carbocycles. The van der Waals surface area contributed by atoms with Gasteiger partial charge in [-0.15, -0.1) is 0 Å². The zero-order valence-electron chi connectivity index (χ0n) is 12.9. The van der Waals surface area contributed by atoms with Crippen molar-refractivity contribution in [3.8, 4) is 22.8 Å². The first-order valence-electron chi connectivity index (χ1n) is 7.50. The van der Waals surface area contributed by atoms with E-state index in [1.165, 1.54) is 0 Å². The molecule has 4 rings (SSSR count). The van der Waals surface area contributed by atoms with Crippen molar-refractivity contribution >= 4 is 5.69 Å². The van der Waals surface area contributed by atoms with E-state index in [-0.39, 0.29) is 0 Å². The average Bonchev–Trinajstić information content (AvgIpc) is 3.30. The summed E-state index contributed by atoms with van der Waals surface area (Å²) < 4.78 is 4.52. The Kier molecular flexibility index (Phi) is 3.79. The third-order valence-electron chi connectivity index (χ3n) is 3.51. The first kappa shape index (κ1) is 14.8. The molecule has 0 bridgehead atoms. The molecule has 4 aromatic rings. The summed E-state index contributed by atoms with van der Waals surface area (Å²) >= 11 is 0. The number of pyridine rings is 1. The summed E-state index contributed by atoms with van der Waals surface area (Å²) in [6.07, 6.45) is 3.40. The number of rotatable bonds is 5. The Balaban J connectivity index is 1.47. The van der Waals surface area contributed by atoms with Crippen LogP contribution in [0.25, 0.3) is 22.8 Å². The normalized spacial score (nSPS) is 10.7. The van der Waals surface area contributed by atoms with Crippen molar-refractivity contribution in [3.05, 3.63) is 65.2 Å². The molecule has 3 heterocycles. The topological polar surface area (TPSA) is 125 Å². The Morgan fingerprint density at radius 1 is 1.12 bits per heavy atom. The van der Waals surface area contributed by atoms with E-state index >= 15 is 0 Å². The van der Waals surface area contributed by atoms with Gasteiger partial charge in [0, 0.05) is 29.2 Å². The van der Waals surface area contributed by atoms with E-state index in [0.717, 1.165) is 16.8 Å². The Labute approximate surface area is 141 Å². The van der Waals surface area contributed by atoms with Crippen molar-refractivity contribution in [2.45, 2.75) is 6.54 Å². The zero-order chi connectivity index (χ0) is 17.1. The lowest BCUT2D eigenvalue weighted by Crippen LogP contribution is -2.01. The van der Waals surface area contributed by atoms with Gasteiger partial charge in [0.1, 0.15) is 5.82 Å². The summed E-state index contributed by atoms with van der Waals surface area (Å²) in [7, 11) is 0. The van der Waals surface area contributed by atoms with Crippen molar-refractivity contribution in [3.63, 3.8) is 0 Å². The number of anilines is 1. The van der Waals surface area contributed by atoms with Crippen molar-refractivity contribution in [1.29, 1.82) is 0 Å². The predicted octanol–water partition coefficient (Wildman–Crippen LogP) is 1.82. The number of aromatic amines is 2. The lowest BCUT2D eigenvalue weighted by atomic mass is 10.2. The fourth-order valence-corrected chi connectivity index (χ4v) is 2.32. The zero-order valence-corrected chi connectivity index (χ0v) is 12.9. The fraction of sp³-hybridized carbons (Fsp3) is 0.0625. The first-order valence-corrected chi connectivity index (χ1v) is 7.50. The number of H-pyrrole nitrogens is 2. The second kappa shape index (κ2) is 6.40. The number of hydrogen-bond acceptors (Lipinski definition) is 7. The van der Waals surface area contributed by atoms with Crippen molar-refractivity contribution in [2.75, 3.05) is 5.32 Å². The number of hydrogen-bond donors (Lipinski definition) is 3. The van der Waals surface area contributed by atoms with Gasteiger partial charge in [-0.2, -0.15) is 5.10 Å². The van der Waals surface area contributed by atoms with Crippen LogP contribution in [0.2, 0.25) is 0 Å². The van der Waals surface area contributed by atoms with Crippen LogP contribution >= 0.6 is 0 Å². The molecule has 0 aliphatic carbocycles. The van der Waals surface area contributed by atoms with Crippen LogP contribution in [0.4, 0.5) is 5.69 Å². The maximum Gasteiger partial charge on any atom is 0.439 e. The number of nitrogens with one attached hydrogen (secondary N) is 3. The molecule has 1 aromatic carbocycles. The maximum atomic E-state index is 11.1. The van der Waals surface area contributed by atoms with E-state index in [2.05, 4.69) is 40.1 Å². The van der Waals surface area contributed by atoms with Gasteiger partial charge in [0.15, 0.2) is 11.6 Å². The van der Waals surface area contributed by atoms with Gasteiger partial charge in [-0.25, -0.2) is 9.78 Å². The molecule has 25 heavy (non-hydrogen) atoms. The standard InChI is InChI=1S/C16H13N7O2/c24-16-20-15(23-25-16)11-2-1-3-12(8-11)18-9-13-19-14(22-21-13)10-4-6-17-7-5-10/h1-8,18H,9H2,(H,19,21,22)(H,20,23,24). The molecule has 3 N–H and O–H groups in total. The SMILES string of the molecule is O=c1[nH]c(-c2cccc(NCc3nc(-c4ccncc4)n[nH]3)c2)no1. The van der Waals surface area contributed by atoms with Gasteiger partial charge < -0.3 is 5.32 Å². The Morgan fingerprint density at radius 3 is 2.80 bits per heavy atom. The Morgan fingerprint density at radius 2 is 2.00 bits per heavy atom. The van der Waals surface area contributed by atoms with E-state index in [9.17, 15) is 4.79 Å². The van der Waals surface area contributed by atoms with E-state index in [0.29, 0.717) is 24.0 Å². The molecule has 0 unspecified atom stereocenters. The highest BCUT2D eigenvalue weighted by molar-refractivity contribution is 5.61. The monoisotopic (exact) mass is 335 g/mol. The highest BCUT2D eigenvalue weighted by atomic mass is 16.5. The summed E-state index contributed by atoms with van der Waals surface area (Å²) in [5.74, 6) is 1.12. The second-order valence-corrected chi connectivity index (χ2v) is 5.22. The molecule has 0 spiro atoms. The van der Waals surface area contributed by atoms with Crippen LogP contribution < -0.4 is 11.1 Å². The molecule has 0 amide bonds. The second-order valence-electron chi connectivity index (χ2n) is 5.22. The van der Waals surface area contributed by atoms with Crippen LogP contribution in [0.3, 0.4) is 0 Å². The van der Waals surface area contributed by atoms with E-state index < -0.39 is 5.76 Å². The summed E-state index contributed by atoms with van der Waals surface area (Å²) in [5, 5.41) is 14.0. The van der Waals surface area contributed by atoms with Crippen molar-refractivity contribution < 1.29 is 4.52 Å². The van der Waals surface area contributed by atoms with Gasteiger partial charge in [-0.05, 0) is 24.3 Å². The van der Waals surface area contributed by atoms with Crippen LogP contribution in [0.5, 0.6) is 0 Å². The van der Waals surface area contributed by atoms with Gasteiger partial charge in [-0.3, -0.25) is 19.6 Å². The van der Waals surface area contributed by atoms with E-state index in [1.807, 2.05) is 36.4 Å². The molecule has 0 aliphatic rings. The highest BCUT2D eigenvalue weighted by Crippen LogP contribution is 2.19. The van der Waals surface area contributed by atoms with E-state index in [1.54, 1.807) is 12.4 Å². The van der Waals surface area contributed by atoms with Gasteiger partial charge in [0.2, 0.25) is 0 Å². The molecule has 124 valence electrons. The number of nitrogens with zero attached hydrogens (tertiary/aromatic N) is 4. The minimum absolute atomic E-state index is 0.383. The lowest BCUT2D eigenvalue weighted by molar-refractivity contribution is 0.388. The van der Waals surface area contributed by atoms with Crippen LogP contribution in [-0.4, -0.2) is 30.3 Å². The molecule has 3 aromatic heterocycles. The number of aromatic nitrogens is 6. The Bertz CT molecular complexity index is 1040. The third-order valence-corrected chi connectivity index (χ3v) is 3.51. The number of benzene rings is 1. The molecule has 0 aliphatic heterocycles. The first-order chi connectivity index (χ1) is 12.3. The van der Waals surface area contributed by atoms with Crippen LogP contribution in [0, 0.1) is 0 Å². The van der Waals surface area contributed by atoms with Crippen LogP contribution in [0.15, 0.2) is 58.1 Å². The Hall–Kier alpha value is -3.75. The lowest BCUT2D eigenvalue weighted by Gasteiger charge is -2.05. The van der Waals surface area contributed by atoms with Crippen molar-refractivity contribution in [2.24, 2.45) is 0 Å². The van der Waals surface area contributed by atoms with Crippen LogP contribution in [0.1, 0.15) is 5.82 Å². The molecule has 0 atom stereocenters. The van der Waals surface area contributed by atoms with Gasteiger partial charge in [0.25, 0.3) is 0 Å². The molecule has 9 heteroatoms. The molecular formula is C16H13N7O2. The summed E-state index contributed by atoms with van der Waals surface area (Å²) in [4.78, 5) is 22.0. The van der Waals surface area contributed by atoms with Gasteiger partial charge >= 0.3 is 5.76 Å². The minimum atomic E-state index is -0.585. The van der Waals surface area contributed by atoms with Gasteiger partial charge in [-0.1, -0.05) is 17.3 Å².